The van der Waals surface area contributed by atoms with Crippen LogP contribution in [0.1, 0.15) is 44.3 Å². The average Bonchev–Trinajstić information content (AvgIpc) is 3.31. The first-order valence-corrected chi connectivity index (χ1v) is 9.13. The van der Waals surface area contributed by atoms with E-state index in [4.69, 9.17) is 18.6 Å². The number of hydrogen-bond donors (Lipinski definition) is 0. The summed E-state index contributed by atoms with van der Waals surface area (Å²) in [4.78, 5) is 25.2. The first-order valence-electron chi connectivity index (χ1n) is 9.13. The van der Waals surface area contributed by atoms with E-state index in [1.54, 1.807) is 12.5 Å². The summed E-state index contributed by atoms with van der Waals surface area (Å²) in [6.45, 7) is 2.16. The minimum Gasteiger partial charge on any atom is -0.472 e. The highest BCUT2D eigenvalue weighted by molar-refractivity contribution is 5.85. The molecule has 0 radical (unpaired) electrons. The molecule has 0 unspecified atom stereocenters. The summed E-state index contributed by atoms with van der Waals surface area (Å²) >= 11 is 0. The monoisotopic (exact) mass is 344 g/mol. The molecule has 6 rings (SSSR count). The molecule has 0 aromatic carbocycles. The third kappa shape index (κ3) is 1.52. The molecule has 3 saturated heterocycles. The van der Waals surface area contributed by atoms with Crippen molar-refractivity contribution in [1.29, 1.82) is 0 Å². The Kier molecular flexibility index (Phi) is 2.46. The van der Waals surface area contributed by atoms with Gasteiger partial charge in [0.05, 0.1) is 24.5 Å². The minimum absolute atomic E-state index is 0.0202. The van der Waals surface area contributed by atoms with E-state index in [1.807, 2.05) is 6.07 Å². The van der Waals surface area contributed by atoms with Gasteiger partial charge in [0.2, 0.25) is 0 Å². The molecular formula is C19H20O6. The summed E-state index contributed by atoms with van der Waals surface area (Å²) in [5.41, 5.74) is -0.293. The molecule has 6 heteroatoms. The van der Waals surface area contributed by atoms with E-state index >= 15 is 0 Å². The number of hydrogen-bond acceptors (Lipinski definition) is 6. The molecule has 132 valence electrons. The molecule has 1 aromatic rings. The summed E-state index contributed by atoms with van der Waals surface area (Å²) in [6, 6.07) is 1.90. The van der Waals surface area contributed by atoms with Gasteiger partial charge < -0.3 is 18.6 Å². The van der Waals surface area contributed by atoms with Gasteiger partial charge in [-0.05, 0) is 31.2 Å². The van der Waals surface area contributed by atoms with Gasteiger partial charge in [-0.3, -0.25) is 4.79 Å². The normalized spacial score (nSPS) is 52.5. The molecule has 6 nitrogen and oxygen atoms in total. The van der Waals surface area contributed by atoms with Crippen LogP contribution in [0.15, 0.2) is 23.0 Å². The van der Waals surface area contributed by atoms with Crippen LogP contribution < -0.4 is 0 Å². The van der Waals surface area contributed by atoms with Crippen LogP contribution in [0.25, 0.3) is 0 Å². The van der Waals surface area contributed by atoms with Gasteiger partial charge >= 0.3 is 11.9 Å². The molecule has 0 amide bonds. The molecule has 5 aliphatic rings. The number of rotatable bonds is 1. The molecular weight excluding hydrogens is 324 g/mol. The molecule has 0 N–H and O–H groups in total. The fraction of sp³-hybridized carbons (Fsp3) is 0.684. The maximum absolute atomic E-state index is 12.9. The lowest BCUT2D eigenvalue weighted by Crippen LogP contribution is -2.59. The van der Waals surface area contributed by atoms with Gasteiger partial charge in [-0.2, -0.15) is 0 Å². The number of carbonyl (C=O) groups is 2. The van der Waals surface area contributed by atoms with E-state index in [9.17, 15) is 9.59 Å². The van der Waals surface area contributed by atoms with Crippen molar-refractivity contribution in [3.8, 4) is 0 Å². The molecule has 4 bridgehead atoms. The quantitative estimate of drug-likeness (QED) is 0.728. The van der Waals surface area contributed by atoms with Crippen molar-refractivity contribution in [3.05, 3.63) is 24.2 Å². The maximum atomic E-state index is 12.9. The standard InChI is InChI=1S/C19H20O6/c1-18-6-13(9-2-3-22-8-9)25-19(18)7-14(24-17(19)21)15-11-4-10(5-12(15)18)23-16(11)20/h2-3,8,10-15H,4-7H2,1H3/t10-,11-,12-,13-,14+,15+,18+,19+/m1/s1. The molecule has 2 aliphatic carbocycles. The van der Waals surface area contributed by atoms with Crippen LogP contribution in [-0.4, -0.2) is 29.7 Å². The largest absolute Gasteiger partial charge is 0.472 e. The average molecular weight is 344 g/mol. The summed E-state index contributed by atoms with van der Waals surface area (Å²) in [7, 11) is 0. The number of esters is 2. The number of furan rings is 1. The van der Waals surface area contributed by atoms with Crippen LogP contribution in [0, 0.1) is 23.2 Å². The van der Waals surface area contributed by atoms with Gasteiger partial charge in [-0.25, -0.2) is 4.79 Å². The lowest BCUT2D eigenvalue weighted by Gasteiger charge is -2.51. The van der Waals surface area contributed by atoms with Crippen LogP contribution in [0.2, 0.25) is 0 Å². The lowest BCUT2D eigenvalue weighted by atomic mass is 9.49. The minimum atomic E-state index is -0.902. The van der Waals surface area contributed by atoms with Gasteiger partial charge in [-0.15, -0.1) is 0 Å². The van der Waals surface area contributed by atoms with Crippen molar-refractivity contribution in [2.75, 3.05) is 0 Å². The zero-order chi connectivity index (χ0) is 17.0. The molecule has 4 heterocycles. The highest BCUT2D eigenvalue weighted by Gasteiger charge is 2.76. The van der Waals surface area contributed by atoms with Crippen molar-refractivity contribution >= 4 is 11.9 Å². The van der Waals surface area contributed by atoms with Crippen LogP contribution in [0.5, 0.6) is 0 Å². The van der Waals surface area contributed by atoms with Gasteiger partial charge in [0.25, 0.3) is 0 Å². The predicted octanol–water partition coefficient (Wildman–Crippen LogP) is 2.38. The van der Waals surface area contributed by atoms with Gasteiger partial charge in [0.15, 0.2) is 5.60 Å². The smallest absolute Gasteiger partial charge is 0.339 e. The van der Waals surface area contributed by atoms with Gasteiger partial charge in [0.1, 0.15) is 12.2 Å². The molecule has 1 aromatic heterocycles. The van der Waals surface area contributed by atoms with Crippen molar-refractivity contribution in [2.24, 2.45) is 23.2 Å². The predicted molar refractivity (Wildman–Crippen MR) is 82.1 cm³/mol. The van der Waals surface area contributed by atoms with Gasteiger partial charge in [-0.1, -0.05) is 6.92 Å². The fourth-order valence-electron chi connectivity index (χ4n) is 6.54. The molecule has 3 aliphatic heterocycles. The van der Waals surface area contributed by atoms with Crippen LogP contribution >= 0.6 is 0 Å². The Balaban J connectivity index is 1.48. The lowest BCUT2D eigenvalue weighted by molar-refractivity contribution is -0.169. The first kappa shape index (κ1) is 14.4. The van der Waals surface area contributed by atoms with Gasteiger partial charge in [0, 0.05) is 23.3 Å². The first-order chi connectivity index (χ1) is 12.0. The van der Waals surface area contributed by atoms with E-state index in [0.29, 0.717) is 6.42 Å². The summed E-state index contributed by atoms with van der Waals surface area (Å²) in [5.74, 6) is -0.235. The Labute approximate surface area is 144 Å². The van der Waals surface area contributed by atoms with E-state index in [-0.39, 0.29) is 53.4 Å². The van der Waals surface area contributed by atoms with E-state index in [0.717, 1.165) is 24.8 Å². The summed E-state index contributed by atoms with van der Waals surface area (Å²) in [5, 5.41) is 0. The molecule has 2 saturated carbocycles. The Morgan fingerprint density at radius 3 is 2.84 bits per heavy atom. The van der Waals surface area contributed by atoms with Crippen molar-refractivity contribution in [1.82, 2.24) is 0 Å². The Morgan fingerprint density at radius 1 is 1.16 bits per heavy atom. The number of fused-ring (bicyclic) bond motifs is 7. The zero-order valence-electron chi connectivity index (χ0n) is 14.0. The molecule has 25 heavy (non-hydrogen) atoms. The van der Waals surface area contributed by atoms with Crippen LogP contribution in [0.3, 0.4) is 0 Å². The van der Waals surface area contributed by atoms with E-state index < -0.39 is 5.60 Å². The molecule has 1 spiro atoms. The second-order valence-corrected chi connectivity index (χ2v) is 8.58. The van der Waals surface area contributed by atoms with Crippen molar-refractivity contribution in [2.45, 2.75) is 56.5 Å². The van der Waals surface area contributed by atoms with Crippen molar-refractivity contribution < 1.29 is 28.2 Å². The Bertz CT molecular complexity index is 771. The number of ether oxygens (including phenoxy) is 3. The second-order valence-electron chi connectivity index (χ2n) is 8.58. The molecule has 8 atom stereocenters. The van der Waals surface area contributed by atoms with Crippen molar-refractivity contribution in [3.63, 3.8) is 0 Å². The SMILES string of the molecule is C[C@@]12C[C@H](c3ccoc3)O[C@]13C[C@H](OC3=O)[C@@H]1[C@H]2C[C@H]2C[C@H]1C(=O)O2. The Hall–Kier alpha value is -1.82. The summed E-state index contributed by atoms with van der Waals surface area (Å²) in [6.07, 6.45) is 5.75. The maximum Gasteiger partial charge on any atom is 0.339 e. The van der Waals surface area contributed by atoms with E-state index in [1.165, 1.54) is 0 Å². The second kappa shape index (κ2) is 4.29. The Morgan fingerprint density at radius 2 is 2.04 bits per heavy atom. The highest BCUT2D eigenvalue weighted by Crippen LogP contribution is 2.69. The summed E-state index contributed by atoms with van der Waals surface area (Å²) < 4.78 is 23.0. The molecule has 5 fully saturated rings. The van der Waals surface area contributed by atoms with Crippen LogP contribution in [0.4, 0.5) is 0 Å². The third-order valence-electron chi connectivity index (χ3n) is 7.66. The topological polar surface area (TPSA) is 75.0 Å². The number of carbonyl (C=O) groups excluding carboxylic acids is 2. The highest BCUT2D eigenvalue weighted by atomic mass is 16.6. The zero-order valence-corrected chi connectivity index (χ0v) is 14.0. The fourth-order valence-corrected chi connectivity index (χ4v) is 6.54. The van der Waals surface area contributed by atoms with Crippen LogP contribution in [-0.2, 0) is 23.8 Å². The third-order valence-corrected chi connectivity index (χ3v) is 7.66. The van der Waals surface area contributed by atoms with E-state index in [2.05, 4.69) is 6.92 Å².